The highest BCUT2D eigenvalue weighted by molar-refractivity contribution is 5.97. The number of aromatic nitrogens is 2. The number of hydrogen-bond acceptors (Lipinski definition) is 4. The second kappa shape index (κ2) is 6.83. The summed E-state index contributed by atoms with van der Waals surface area (Å²) in [5, 5.41) is 8.92. The molecule has 1 aliphatic heterocycles. The van der Waals surface area contributed by atoms with Gasteiger partial charge in [-0.2, -0.15) is 0 Å². The Morgan fingerprint density at radius 2 is 2.00 bits per heavy atom. The molecule has 0 saturated heterocycles. The Balaban J connectivity index is 1.33. The first-order valence-electron chi connectivity index (χ1n) is 9.82. The van der Waals surface area contributed by atoms with Gasteiger partial charge >= 0.3 is 0 Å². The number of anilines is 1. The Labute approximate surface area is 168 Å². The average molecular weight is 384 g/mol. The van der Waals surface area contributed by atoms with E-state index in [1.54, 1.807) is 0 Å². The highest BCUT2D eigenvalue weighted by Gasteiger charge is 2.24. The third kappa shape index (κ3) is 3.50. The van der Waals surface area contributed by atoms with Crippen LogP contribution in [0.4, 0.5) is 5.69 Å². The van der Waals surface area contributed by atoms with E-state index in [2.05, 4.69) is 70.1 Å². The van der Waals surface area contributed by atoms with E-state index >= 15 is 0 Å². The van der Waals surface area contributed by atoms with Crippen LogP contribution in [0.3, 0.4) is 0 Å². The summed E-state index contributed by atoms with van der Waals surface area (Å²) in [4.78, 5) is 11.4. The fourth-order valence-electron chi connectivity index (χ4n) is 3.91. The predicted octanol–water partition coefficient (Wildman–Crippen LogP) is 4.13. The lowest BCUT2D eigenvalue weighted by atomic mass is 10.00. The van der Waals surface area contributed by atoms with Crippen LogP contribution >= 0.6 is 0 Å². The maximum Gasteiger partial charge on any atom is 0.202 e. The molecule has 6 heteroatoms. The number of aromatic amines is 2. The number of H-pyrrole nitrogens is 2. The van der Waals surface area contributed by atoms with Crippen LogP contribution < -0.4 is 16.4 Å². The minimum atomic E-state index is -0.749. The number of aryl methyl sites for hydroxylation is 2. The third-order valence-corrected chi connectivity index (χ3v) is 5.40. The molecule has 146 valence electrons. The quantitative estimate of drug-likeness (QED) is 0.366. The summed E-state index contributed by atoms with van der Waals surface area (Å²) in [6.45, 7) is 2.06. The lowest BCUT2D eigenvalue weighted by molar-refractivity contribution is 0.502. The number of guanidine groups is 1. The zero-order chi connectivity index (χ0) is 19.8. The van der Waals surface area contributed by atoms with Gasteiger partial charge in [0.2, 0.25) is 5.96 Å². The SMILES string of the molecule is Cc1cc2cc(NC3=NC(N)(CCc4c[nH]c5ccccc45)C=CN3)ccc2[nH]1. The van der Waals surface area contributed by atoms with Crippen molar-refractivity contribution in [3.8, 4) is 0 Å². The Morgan fingerprint density at radius 1 is 1.10 bits per heavy atom. The lowest BCUT2D eigenvalue weighted by Gasteiger charge is -2.26. The molecule has 3 heterocycles. The average Bonchev–Trinajstić information content (AvgIpc) is 3.28. The highest BCUT2D eigenvalue weighted by Crippen LogP contribution is 2.24. The van der Waals surface area contributed by atoms with Gasteiger partial charge in [-0.3, -0.25) is 0 Å². The van der Waals surface area contributed by atoms with Crippen LogP contribution in [0.15, 0.2) is 72.0 Å². The van der Waals surface area contributed by atoms with Crippen LogP contribution in [-0.2, 0) is 6.42 Å². The van der Waals surface area contributed by atoms with Crippen molar-refractivity contribution >= 4 is 33.5 Å². The van der Waals surface area contributed by atoms with E-state index < -0.39 is 5.66 Å². The van der Waals surface area contributed by atoms with E-state index in [1.165, 1.54) is 10.9 Å². The Morgan fingerprint density at radius 3 is 2.93 bits per heavy atom. The van der Waals surface area contributed by atoms with E-state index in [0.29, 0.717) is 12.4 Å². The van der Waals surface area contributed by atoms with E-state index in [1.807, 2.05) is 24.4 Å². The van der Waals surface area contributed by atoms with Gasteiger partial charge in [0.15, 0.2) is 0 Å². The number of nitrogens with one attached hydrogen (secondary N) is 4. The number of nitrogens with zero attached hydrogens (tertiary/aromatic N) is 1. The molecule has 6 N–H and O–H groups in total. The number of nitrogens with two attached hydrogens (primary N) is 1. The third-order valence-electron chi connectivity index (χ3n) is 5.40. The van der Waals surface area contributed by atoms with Gasteiger partial charge in [-0.25, -0.2) is 4.99 Å². The molecule has 5 rings (SSSR count). The molecule has 0 saturated carbocycles. The zero-order valence-electron chi connectivity index (χ0n) is 16.3. The van der Waals surface area contributed by atoms with Crippen LogP contribution in [0.1, 0.15) is 17.7 Å². The standard InChI is InChI=1S/C23H24N6/c1-15-12-17-13-18(6-7-20(17)27-15)28-22-25-11-10-23(24,29-22)9-8-16-14-26-21-5-3-2-4-19(16)21/h2-7,10-14,26-27H,8-9,24H2,1H3,(H2,25,28,29). The molecule has 2 aromatic heterocycles. The summed E-state index contributed by atoms with van der Waals surface area (Å²) in [5.74, 6) is 0.653. The van der Waals surface area contributed by atoms with Crippen molar-refractivity contribution in [1.82, 2.24) is 15.3 Å². The number of benzene rings is 2. The first-order chi connectivity index (χ1) is 14.1. The number of fused-ring (bicyclic) bond motifs is 2. The fraction of sp³-hybridized carbons (Fsp3) is 0.174. The Hall–Kier alpha value is -3.51. The number of rotatable bonds is 4. The normalized spacial score (nSPS) is 18.8. The van der Waals surface area contributed by atoms with Gasteiger partial charge in [-0.05, 0) is 61.7 Å². The van der Waals surface area contributed by atoms with Crippen molar-refractivity contribution in [2.24, 2.45) is 10.7 Å². The van der Waals surface area contributed by atoms with Gasteiger partial charge in [0.1, 0.15) is 5.66 Å². The number of hydrogen-bond donors (Lipinski definition) is 5. The van der Waals surface area contributed by atoms with Crippen LogP contribution in [-0.4, -0.2) is 21.6 Å². The lowest BCUT2D eigenvalue weighted by Crippen LogP contribution is -2.44. The summed E-state index contributed by atoms with van der Waals surface area (Å²) in [6, 6.07) is 16.7. The van der Waals surface area contributed by atoms with Crippen molar-refractivity contribution in [1.29, 1.82) is 0 Å². The Bertz CT molecular complexity index is 1240. The highest BCUT2D eigenvalue weighted by atomic mass is 15.2. The molecule has 0 amide bonds. The maximum atomic E-state index is 6.59. The van der Waals surface area contributed by atoms with Crippen molar-refractivity contribution in [2.75, 3.05) is 5.32 Å². The fourth-order valence-corrected chi connectivity index (χ4v) is 3.91. The minimum Gasteiger partial charge on any atom is -0.361 e. The minimum absolute atomic E-state index is 0.653. The van der Waals surface area contributed by atoms with E-state index in [-0.39, 0.29) is 0 Å². The van der Waals surface area contributed by atoms with Crippen molar-refractivity contribution in [3.63, 3.8) is 0 Å². The second-order valence-electron chi connectivity index (χ2n) is 7.67. The smallest absolute Gasteiger partial charge is 0.202 e. The van der Waals surface area contributed by atoms with Gasteiger partial charge in [-0.1, -0.05) is 18.2 Å². The van der Waals surface area contributed by atoms with E-state index in [0.717, 1.165) is 34.2 Å². The maximum absolute atomic E-state index is 6.59. The molecule has 0 fully saturated rings. The first kappa shape index (κ1) is 17.6. The molecule has 0 spiro atoms. The van der Waals surface area contributed by atoms with Crippen LogP contribution in [0.5, 0.6) is 0 Å². The summed E-state index contributed by atoms with van der Waals surface area (Å²) >= 11 is 0. The van der Waals surface area contributed by atoms with Crippen molar-refractivity contribution in [3.05, 3.63) is 78.3 Å². The van der Waals surface area contributed by atoms with Gasteiger partial charge in [0.05, 0.1) is 0 Å². The van der Waals surface area contributed by atoms with Crippen LogP contribution in [0.2, 0.25) is 0 Å². The molecule has 1 atom stereocenters. The van der Waals surface area contributed by atoms with Crippen molar-refractivity contribution in [2.45, 2.75) is 25.4 Å². The molecule has 0 aliphatic carbocycles. The molecule has 1 aliphatic rings. The summed E-state index contributed by atoms with van der Waals surface area (Å²) in [5.41, 5.74) is 11.5. The zero-order valence-corrected chi connectivity index (χ0v) is 16.3. The largest absolute Gasteiger partial charge is 0.361 e. The summed E-state index contributed by atoms with van der Waals surface area (Å²) in [7, 11) is 0. The van der Waals surface area contributed by atoms with Gasteiger partial charge < -0.3 is 26.3 Å². The van der Waals surface area contributed by atoms with Crippen molar-refractivity contribution < 1.29 is 0 Å². The number of aliphatic imine (C=N–C) groups is 1. The topological polar surface area (TPSA) is 94.0 Å². The molecule has 6 nitrogen and oxygen atoms in total. The molecule has 0 radical (unpaired) electrons. The van der Waals surface area contributed by atoms with Gasteiger partial charge in [0, 0.05) is 45.6 Å². The first-order valence-corrected chi connectivity index (χ1v) is 9.82. The molecule has 4 aromatic rings. The molecule has 0 bridgehead atoms. The molecule has 2 aromatic carbocycles. The van der Waals surface area contributed by atoms with Crippen LogP contribution in [0, 0.1) is 6.92 Å². The predicted molar refractivity (Wildman–Crippen MR) is 120 cm³/mol. The van der Waals surface area contributed by atoms with Gasteiger partial charge in [-0.15, -0.1) is 0 Å². The van der Waals surface area contributed by atoms with Gasteiger partial charge in [0.25, 0.3) is 0 Å². The molecular weight excluding hydrogens is 360 g/mol. The van der Waals surface area contributed by atoms with Crippen LogP contribution in [0.25, 0.3) is 21.8 Å². The molecular formula is C23H24N6. The summed E-state index contributed by atoms with van der Waals surface area (Å²) in [6.07, 6.45) is 7.41. The molecule has 29 heavy (non-hydrogen) atoms. The van der Waals surface area contributed by atoms with E-state index in [4.69, 9.17) is 10.7 Å². The Kier molecular flexibility index (Phi) is 4.14. The molecule has 1 unspecified atom stereocenters. The number of para-hydroxylation sites is 1. The summed E-state index contributed by atoms with van der Waals surface area (Å²) < 4.78 is 0. The van der Waals surface area contributed by atoms with E-state index in [9.17, 15) is 0 Å². The monoisotopic (exact) mass is 384 g/mol. The second-order valence-corrected chi connectivity index (χ2v) is 7.67.